The van der Waals surface area contributed by atoms with E-state index in [0.29, 0.717) is 19.0 Å². The summed E-state index contributed by atoms with van der Waals surface area (Å²) in [7, 11) is 0. The first-order chi connectivity index (χ1) is 13.1. The van der Waals surface area contributed by atoms with Crippen molar-refractivity contribution in [3.63, 3.8) is 0 Å². The van der Waals surface area contributed by atoms with Gasteiger partial charge in [-0.15, -0.1) is 0 Å². The summed E-state index contributed by atoms with van der Waals surface area (Å²) in [6, 6.07) is 1.29. The number of unbranched alkanes of at least 4 members (excludes halogenated alkanes) is 10. The van der Waals surface area contributed by atoms with Gasteiger partial charge < -0.3 is 20.9 Å². The van der Waals surface area contributed by atoms with Crippen molar-refractivity contribution in [3.8, 4) is 11.5 Å². The van der Waals surface area contributed by atoms with Crippen molar-refractivity contribution in [1.82, 2.24) is 0 Å². The Bertz CT molecular complexity index is 524. The lowest BCUT2D eigenvalue weighted by molar-refractivity contribution is 0.285. The fraction of sp³-hybridized carbons (Fsp3) is 0.727. The van der Waals surface area contributed by atoms with Crippen molar-refractivity contribution in [2.45, 2.75) is 90.9 Å². The average molecular weight is 383 g/mol. The van der Waals surface area contributed by atoms with Crippen molar-refractivity contribution in [2.75, 3.05) is 24.7 Å². The number of hydrogen-bond donors (Lipinski definition) is 2. The number of halogens is 1. The number of ether oxygens (including phenoxy) is 2. The topological polar surface area (TPSA) is 70.5 Å². The normalized spacial score (nSPS) is 10.9. The predicted molar refractivity (Wildman–Crippen MR) is 113 cm³/mol. The van der Waals surface area contributed by atoms with Gasteiger partial charge in [0, 0.05) is 6.07 Å². The van der Waals surface area contributed by atoms with Gasteiger partial charge in [0.15, 0.2) is 11.6 Å². The van der Waals surface area contributed by atoms with Gasteiger partial charge in [0.1, 0.15) is 17.1 Å². The molecule has 4 N–H and O–H groups in total. The Balaban J connectivity index is 2.39. The van der Waals surface area contributed by atoms with E-state index in [0.717, 1.165) is 25.7 Å². The summed E-state index contributed by atoms with van der Waals surface area (Å²) in [5, 5.41) is 0. The van der Waals surface area contributed by atoms with E-state index in [1.54, 1.807) is 0 Å². The van der Waals surface area contributed by atoms with Crippen LogP contribution in [0.5, 0.6) is 11.5 Å². The van der Waals surface area contributed by atoms with E-state index >= 15 is 0 Å². The zero-order valence-electron chi connectivity index (χ0n) is 17.3. The van der Waals surface area contributed by atoms with Crippen molar-refractivity contribution >= 4 is 11.4 Å². The van der Waals surface area contributed by atoms with Crippen LogP contribution in [0.1, 0.15) is 90.9 Å². The fourth-order valence-corrected chi connectivity index (χ4v) is 3.03. The minimum absolute atomic E-state index is 0.0490. The third-order valence-corrected chi connectivity index (χ3v) is 4.77. The van der Waals surface area contributed by atoms with Gasteiger partial charge in [-0.1, -0.05) is 78.1 Å². The number of hydrogen-bond acceptors (Lipinski definition) is 4. The molecular weight excluding hydrogens is 343 g/mol. The lowest BCUT2D eigenvalue weighted by Gasteiger charge is -2.15. The van der Waals surface area contributed by atoms with Gasteiger partial charge in [0.25, 0.3) is 0 Å². The molecule has 1 aromatic rings. The van der Waals surface area contributed by atoms with Gasteiger partial charge in [-0.3, -0.25) is 0 Å². The molecule has 0 unspecified atom stereocenters. The van der Waals surface area contributed by atoms with Crippen molar-refractivity contribution in [3.05, 3.63) is 11.9 Å². The second-order valence-electron chi connectivity index (χ2n) is 7.25. The maximum absolute atomic E-state index is 14.3. The summed E-state index contributed by atoms with van der Waals surface area (Å²) in [6.45, 7) is 5.36. The summed E-state index contributed by atoms with van der Waals surface area (Å²) in [5.74, 6) is -0.149. The molecule has 0 saturated heterocycles. The summed E-state index contributed by atoms with van der Waals surface area (Å²) in [4.78, 5) is 0. The molecule has 0 fully saturated rings. The van der Waals surface area contributed by atoms with E-state index in [1.165, 1.54) is 57.4 Å². The van der Waals surface area contributed by atoms with Crippen LogP contribution in [0.15, 0.2) is 6.07 Å². The minimum Gasteiger partial charge on any atom is -0.491 e. The van der Waals surface area contributed by atoms with Gasteiger partial charge >= 0.3 is 0 Å². The third kappa shape index (κ3) is 9.21. The summed E-state index contributed by atoms with van der Waals surface area (Å²) < 4.78 is 25.5. The van der Waals surface area contributed by atoms with Crippen LogP contribution in [-0.2, 0) is 0 Å². The van der Waals surface area contributed by atoms with Crippen LogP contribution < -0.4 is 20.9 Å². The fourth-order valence-electron chi connectivity index (χ4n) is 3.03. The highest BCUT2D eigenvalue weighted by Gasteiger charge is 2.16. The molecule has 5 heteroatoms. The van der Waals surface area contributed by atoms with Crippen LogP contribution in [-0.4, -0.2) is 13.2 Å². The van der Waals surface area contributed by atoms with Crippen LogP contribution in [0.2, 0.25) is 0 Å². The molecule has 0 amide bonds. The lowest BCUT2D eigenvalue weighted by atomic mass is 10.1. The van der Waals surface area contributed by atoms with Gasteiger partial charge in [0.05, 0.1) is 13.2 Å². The standard InChI is InChI=1S/C22H39FN2O2/c1-3-5-7-9-11-13-15-26-19-17-18(23)22(21(25)20(19)24)27-16-14-12-10-8-6-4-2/h17H,3-16,24-25H2,1-2H3. The molecule has 0 atom stereocenters. The van der Waals surface area contributed by atoms with Crippen LogP contribution in [0.25, 0.3) is 0 Å². The van der Waals surface area contributed by atoms with Crippen LogP contribution in [0, 0.1) is 5.82 Å². The van der Waals surface area contributed by atoms with Crippen molar-refractivity contribution in [1.29, 1.82) is 0 Å². The van der Waals surface area contributed by atoms with E-state index in [9.17, 15) is 4.39 Å². The minimum atomic E-state index is -0.509. The molecule has 0 radical (unpaired) electrons. The first-order valence-corrected chi connectivity index (χ1v) is 10.7. The smallest absolute Gasteiger partial charge is 0.180 e. The molecule has 0 bridgehead atoms. The molecular formula is C22H39FN2O2. The quantitative estimate of drug-likeness (QED) is 0.254. The van der Waals surface area contributed by atoms with E-state index in [1.807, 2.05) is 0 Å². The molecule has 0 heterocycles. The van der Waals surface area contributed by atoms with Gasteiger partial charge in [-0.05, 0) is 12.8 Å². The molecule has 156 valence electrons. The molecule has 1 aromatic carbocycles. The highest BCUT2D eigenvalue weighted by molar-refractivity contribution is 5.77. The zero-order chi connectivity index (χ0) is 19.9. The molecule has 0 saturated carbocycles. The Morgan fingerprint density at radius 2 is 1.19 bits per heavy atom. The maximum Gasteiger partial charge on any atom is 0.180 e. The summed E-state index contributed by atoms with van der Waals surface area (Å²) in [6.07, 6.45) is 13.9. The average Bonchev–Trinajstić information content (AvgIpc) is 2.66. The SMILES string of the molecule is CCCCCCCCOc1cc(F)c(OCCCCCCCC)c(N)c1N. The van der Waals surface area contributed by atoms with Gasteiger partial charge in [0.2, 0.25) is 0 Å². The first kappa shape index (κ1) is 23.4. The Morgan fingerprint density at radius 1 is 0.704 bits per heavy atom. The van der Waals surface area contributed by atoms with Crippen molar-refractivity contribution in [2.24, 2.45) is 0 Å². The second-order valence-corrected chi connectivity index (χ2v) is 7.25. The summed E-state index contributed by atoms with van der Waals surface area (Å²) >= 11 is 0. The Hall–Kier alpha value is -1.65. The van der Waals surface area contributed by atoms with Crippen LogP contribution in [0.4, 0.5) is 15.8 Å². The van der Waals surface area contributed by atoms with Crippen LogP contribution in [0.3, 0.4) is 0 Å². The first-order valence-electron chi connectivity index (χ1n) is 10.7. The van der Waals surface area contributed by atoms with Gasteiger partial charge in [-0.25, -0.2) is 4.39 Å². The zero-order valence-corrected chi connectivity index (χ0v) is 17.3. The second kappa shape index (κ2) is 14.4. The summed E-state index contributed by atoms with van der Waals surface area (Å²) in [5.41, 5.74) is 12.4. The van der Waals surface area contributed by atoms with Crippen LogP contribution >= 0.6 is 0 Å². The number of anilines is 2. The van der Waals surface area contributed by atoms with E-state index < -0.39 is 5.82 Å². The monoisotopic (exact) mass is 382 g/mol. The Labute approximate surface area is 164 Å². The van der Waals surface area contributed by atoms with E-state index in [4.69, 9.17) is 20.9 Å². The Morgan fingerprint density at radius 3 is 1.74 bits per heavy atom. The molecule has 0 aliphatic carbocycles. The molecule has 4 nitrogen and oxygen atoms in total. The van der Waals surface area contributed by atoms with Gasteiger partial charge in [-0.2, -0.15) is 0 Å². The molecule has 0 aliphatic heterocycles. The largest absolute Gasteiger partial charge is 0.491 e. The van der Waals surface area contributed by atoms with E-state index in [2.05, 4.69) is 13.8 Å². The van der Waals surface area contributed by atoms with Crippen molar-refractivity contribution < 1.29 is 13.9 Å². The molecule has 0 spiro atoms. The Kier molecular flexibility index (Phi) is 12.5. The van der Waals surface area contributed by atoms with E-state index in [-0.39, 0.29) is 17.1 Å². The molecule has 0 aliphatic rings. The molecule has 27 heavy (non-hydrogen) atoms. The third-order valence-electron chi connectivity index (χ3n) is 4.77. The number of rotatable bonds is 16. The number of nitrogens with two attached hydrogens (primary N) is 2. The highest BCUT2D eigenvalue weighted by atomic mass is 19.1. The molecule has 1 rings (SSSR count). The maximum atomic E-state index is 14.3. The number of nitrogen functional groups attached to an aromatic ring is 2. The predicted octanol–water partition coefficient (Wildman–Crippen LogP) is 6.47. The highest BCUT2D eigenvalue weighted by Crippen LogP contribution is 2.38. The molecule has 0 aromatic heterocycles. The lowest BCUT2D eigenvalue weighted by Crippen LogP contribution is -2.08. The number of benzene rings is 1.